The summed E-state index contributed by atoms with van der Waals surface area (Å²) in [6.45, 7) is 3.89. The summed E-state index contributed by atoms with van der Waals surface area (Å²) in [5.74, 6) is 0.649. The molecule has 20 heavy (non-hydrogen) atoms. The number of carbonyl (C=O) groups excluding carboxylic acids is 1. The quantitative estimate of drug-likeness (QED) is 0.911. The molecule has 0 radical (unpaired) electrons. The fraction of sp³-hybridized carbons (Fsp3) is 0.375. The second kappa shape index (κ2) is 5.49. The van der Waals surface area contributed by atoms with E-state index in [-0.39, 0.29) is 5.91 Å². The predicted octanol–water partition coefficient (Wildman–Crippen LogP) is 2.95. The van der Waals surface area contributed by atoms with Crippen molar-refractivity contribution in [2.24, 2.45) is 5.92 Å². The van der Waals surface area contributed by atoms with E-state index in [1.807, 2.05) is 41.3 Å². The highest BCUT2D eigenvalue weighted by atomic mass is 16.2. The second-order valence-electron chi connectivity index (χ2n) is 5.53. The molecule has 2 heterocycles. The molecule has 4 nitrogen and oxygen atoms in total. The monoisotopic (exact) mass is 269 g/mol. The highest BCUT2D eigenvalue weighted by Gasteiger charge is 2.23. The highest BCUT2D eigenvalue weighted by Crippen LogP contribution is 2.20. The van der Waals surface area contributed by atoms with E-state index in [1.165, 1.54) is 6.42 Å². The lowest BCUT2D eigenvalue weighted by Crippen LogP contribution is -2.39. The first-order chi connectivity index (χ1) is 9.74. The molecule has 3 rings (SSSR count). The van der Waals surface area contributed by atoms with Gasteiger partial charge in [-0.1, -0.05) is 37.3 Å². The Morgan fingerprint density at radius 2 is 2.15 bits per heavy atom. The van der Waals surface area contributed by atoms with Crippen LogP contribution in [0, 0.1) is 5.92 Å². The van der Waals surface area contributed by atoms with Crippen molar-refractivity contribution >= 4 is 5.91 Å². The summed E-state index contributed by atoms with van der Waals surface area (Å²) < 4.78 is 0. The van der Waals surface area contributed by atoms with Crippen LogP contribution in [0.25, 0.3) is 11.3 Å². The zero-order valence-corrected chi connectivity index (χ0v) is 11.7. The molecule has 1 N–H and O–H groups in total. The number of rotatable bonds is 2. The molecule has 4 heteroatoms. The zero-order chi connectivity index (χ0) is 13.9. The van der Waals surface area contributed by atoms with Crippen LogP contribution >= 0.6 is 0 Å². The van der Waals surface area contributed by atoms with E-state index >= 15 is 0 Å². The minimum absolute atomic E-state index is 0.0613. The van der Waals surface area contributed by atoms with Gasteiger partial charge in [0.25, 0.3) is 5.91 Å². The fourth-order valence-electron chi connectivity index (χ4n) is 2.73. The second-order valence-corrected chi connectivity index (χ2v) is 5.53. The highest BCUT2D eigenvalue weighted by molar-refractivity contribution is 5.93. The maximum Gasteiger partial charge on any atom is 0.271 e. The molecular formula is C16H19N3O. The zero-order valence-electron chi connectivity index (χ0n) is 11.7. The van der Waals surface area contributed by atoms with Crippen molar-refractivity contribution in [2.75, 3.05) is 13.1 Å². The van der Waals surface area contributed by atoms with E-state index in [9.17, 15) is 4.79 Å². The molecule has 0 spiro atoms. The van der Waals surface area contributed by atoms with Gasteiger partial charge in [0.15, 0.2) is 0 Å². The number of hydrogen-bond acceptors (Lipinski definition) is 2. The Balaban J connectivity index is 1.78. The smallest absolute Gasteiger partial charge is 0.271 e. The molecule has 1 saturated heterocycles. The summed E-state index contributed by atoms with van der Waals surface area (Å²) in [5, 5.41) is 7.12. The van der Waals surface area contributed by atoms with E-state index in [0.29, 0.717) is 11.6 Å². The first-order valence-electron chi connectivity index (χ1n) is 7.14. The van der Waals surface area contributed by atoms with Gasteiger partial charge in [0.05, 0.1) is 5.69 Å². The summed E-state index contributed by atoms with van der Waals surface area (Å²) in [4.78, 5) is 14.4. The van der Waals surface area contributed by atoms with Gasteiger partial charge in [-0.25, -0.2) is 0 Å². The Kier molecular flexibility index (Phi) is 3.54. The molecule has 1 amide bonds. The third-order valence-corrected chi connectivity index (χ3v) is 3.82. The van der Waals surface area contributed by atoms with Gasteiger partial charge in [0, 0.05) is 18.7 Å². The Morgan fingerprint density at radius 1 is 1.35 bits per heavy atom. The van der Waals surface area contributed by atoms with Gasteiger partial charge in [-0.15, -0.1) is 0 Å². The van der Waals surface area contributed by atoms with Crippen LogP contribution in [0.3, 0.4) is 0 Å². The molecule has 104 valence electrons. The van der Waals surface area contributed by atoms with Gasteiger partial charge >= 0.3 is 0 Å². The van der Waals surface area contributed by atoms with Crippen LogP contribution < -0.4 is 0 Å². The number of benzene rings is 1. The lowest BCUT2D eigenvalue weighted by Gasteiger charge is -2.30. The number of likely N-dealkylation sites (tertiary alicyclic amines) is 1. The number of aromatic nitrogens is 2. The van der Waals surface area contributed by atoms with Gasteiger partial charge in [0.2, 0.25) is 0 Å². The molecule has 1 aliphatic heterocycles. The van der Waals surface area contributed by atoms with Gasteiger partial charge in [-0.3, -0.25) is 9.89 Å². The summed E-state index contributed by atoms with van der Waals surface area (Å²) in [5.41, 5.74) is 2.42. The fourth-order valence-corrected chi connectivity index (χ4v) is 2.73. The van der Waals surface area contributed by atoms with E-state index in [2.05, 4.69) is 17.1 Å². The largest absolute Gasteiger partial charge is 0.337 e. The van der Waals surface area contributed by atoms with Crippen LogP contribution in [0.15, 0.2) is 36.4 Å². The molecule has 0 unspecified atom stereocenters. The number of piperidine rings is 1. The minimum atomic E-state index is 0.0613. The standard InChI is InChI=1S/C16H19N3O/c1-12-6-5-9-19(11-12)16(20)15-10-14(17-18-15)13-7-3-2-4-8-13/h2-4,7-8,10,12H,5-6,9,11H2,1H3,(H,17,18)/t12-/m1/s1. The average Bonchev–Trinajstić information content (AvgIpc) is 2.97. The summed E-state index contributed by atoms with van der Waals surface area (Å²) in [6.07, 6.45) is 2.30. The van der Waals surface area contributed by atoms with Crippen molar-refractivity contribution in [2.45, 2.75) is 19.8 Å². The Hall–Kier alpha value is -2.10. The van der Waals surface area contributed by atoms with Crippen LogP contribution in [0.2, 0.25) is 0 Å². The van der Waals surface area contributed by atoms with E-state index in [4.69, 9.17) is 0 Å². The first kappa shape index (κ1) is 12.9. The number of amides is 1. The van der Waals surface area contributed by atoms with E-state index in [0.717, 1.165) is 30.8 Å². The maximum absolute atomic E-state index is 12.4. The summed E-state index contributed by atoms with van der Waals surface area (Å²) in [7, 11) is 0. The van der Waals surface area contributed by atoms with Crippen molar-refractivity contribution in [3.63, 3.8) is 0 Å². The van der Waals surface area contributed by atoms with Gasteiger partial charge < -0.3 is 4.90 Å². The Morgan fingerprint density at radius 3 is 2.90 bits per heavy atom. The Labute approximate surface area is 118 Å². The lowest BCUT2D eigenvalue weighted by atomic mass is 10.00. The maximum atomic E-state index is 12.4. The molecule has 1 aromatic heterocycles. The topological polar surface area (TPSA) is 49.0 Å². The summed E-state index contributed by atoms with van der Waals surface area (Å²) in [6, 6.07) is 11.7. The van der Waals surface area contributed by atoms with Crippen LogP contribution in [0.4, 0.5) is 0 Å². The normalized spacial score (nSPS) is 19.1. The van der Waals surface area contributed by atoms with Gasteiger partial charge in [-0.05, 0) is 24.8 Å². The molecule has 2 aromatic rings. The third-order valence-electron chi connectivity index (χ3n) is 3.82. The molecule has 1 aromatic carbocycles. The van der Waals surface area contributed by atoms with Crippen molar-refractivity contribution < 1.29 is 4.79 Å². The number of carbonyl (C=O) groups is 1. The molecule has 1 atom stereocenters. The molecular weight excluding hydrogens is 250 g/mol. The first-order valence-corrected chi connectivity index (χ1v) is 7.14. The molecule has 0 saturated carbocycles. The lowest BCUT2D eigenvalue weighted by molar-refractivity contribution is 0.0677. The molecule has 0 bridgehead atoms. The van der Waals surface area contributed by atoms with Crippen molar-refractivity contribution in [1.29, 1.82) is 0 Å². The number of nitrogens with one attached hydrogen (secondary N) is 1. The minimum Gasteiger partial charge on any atom is -0.337 e. The number of aromatic amines is 1. The molecule has 0 aliphatic carbocycles. The van der Waals surface area contributed by atoms with Gasteiger partial charge in [-0.2, -0.15) is 5.10 Å². The molecule has 1 aliphatic rings. The van der Waals surface area contributed by atoms with Crippen LogP contribution in [0.5, 0.6) is 0 Å². The van der Waals surface area contributed by atoms with Crippen molar-refractivity contribution in [3.05, 3.63) is 42.1 Å². The number of nitrogens with zero attached hydrogens (tertiary/aromatic N) is 2. The summed E-state index contributed by atoms with van der Waals surface area (Å²) >= 11 is 0. The van der Waals surface area contributed by atoms with E-state index in [1.54, 1.807) is 0 Å². The molecule has 1 fully saturated rings. The van der Waals surface area contributed by atoms with E-state index < -0.39 is 0 Å². The van der Waals surface area contributed by atoms with Crippen LogP contribution in [-0.2, 0) is 0 Å². The number of H-pyrrole nitrogens is 1. The predicted molar refractivity (Wildman–Crippen MR) is 78.3 cm³/mol. The van der Waals surface area contributed by atoms with Crippen molar-refractivity contribution in [1.82, 2.24) is 15.1 Å². The third kappa shape index (κ3) is 2.59. The average molecular weight is 269 g/mol. The number of hydrogen-bond donors (Lipinski definition) is 1. The van der Waals surface area contributed by atoms with Crippen molar-refractivity contribution in [3.8, 4) is 11.3 Å². The SMILES string of the molecule is C[C@@H]1CCCN(C(=O)c2cc(-c3ccccc3)n[nH]2)C1. The van der Waals surface area contributed by atoms with Crippen LogP contribution in [0.1, 0.15) is 30.3 Å². The van der Waals surface area contributed by atoms with Crippen LogP contribution in [-0.4, -0.2) is 34.1 Å². The van der Waals surface area contributed by atoms with Gasteiger partial charge in [0.1, 0.15) is 5.69 Å². The Bertz CT molecular complexity index is 591.